The number of rotatable bonds is 6. The van der Waals surface area contributed by atoms with Gasteiger partial charge in [-0.1, -0.05) is 31.7 Å². The van der Waals surface area contributed by atoms with Crippen LogP contribution < -0.4 is 5.32 Å². The molecule has 1 aromatic carbocycles. The average Bonchev–Trinajstić information content (AvgIpc) is 2.77. The molecule has 0 aliphatic rings. The molecule has 0 saturated carbocycles. The predicted octanol–water partition coefficient (Wildman–Crippen LogP) is 3.13. The smallest absolute Gasteiger partial charge is 0.230 e. The normalized spacial score (nSPS) is 11.2. The Kier molecular flexibility index (Phi) is 5.06. The second kappa shape index (κ2) is 6.79. The Labute approximate surface area is 123 Å². The van der Waals surface area contributed by atoms with Gasteiger partial charge in [-0.2, -0.15) is 0 Å². The molecule has 108 valence electrons. The highest BCUT2D eigenvalue weighted by Gasteiger charge is 2.07. The lowest BCUT2D eigenvalue weighted by atomic mass is 10.1. The Morgan fingerprint density at radius 1 is 1.45 bits per heavy atom. The van der Waals surface area contributed by atoms with Crippen molar-refractivity contribution in [1.82, 2.24) is 15.3 Å². The molecule has 4 nitrogen and oxygen atoms in total. The first-order valence-electron chi connectivity index (χ1n) is 6.90. The van der Waals surface area contributed by atoms with Crippen LogP contribution in [0.5, 0.6) is 0 Å². The molecule has 1 heterocycles. The summed E-state index contributed by atoms with van der Waals surface area (Å²) in [6.07, 6.45) is 1.01. The van der Waals surface area contributed by atoms with E-state index in [-0.39, 0.29) is 5.91 Å². The molecule has 0 spiro atoms. The van der Waals surface area contributed by atoms with Gasteiger partial charge in [0.05, 0.1) is 16.8 Å². The van der Waals surface area contributed by atoms with E-state index >= 15 is 0 Å². The lowest BCUT2D eigenvalue weighted by Crippen LogP contribution is -2.26. The number of thioether (sulfide) groups is 1. The fourth-order valence-corrected chi connectivity index (χ4v) is 2.57. The standard InChI is InChI=1S/C15H21N3OS/c1-10(2)6-7-16-14(19)9-20-15-17-12-5-4-11(3)8-13(12)18-15/h4-5,8,10H,6-7,9H2,1-3H3,(H,16,19)(H,17,18). The van der Waals surface area contributed by atoms with Crippen molar-refractivity contribution in [3.8, 4) is 0 Å². The van der Waals surface area contributed by atoms with Gasteiger partial charge in [-0.3, -0.25) is 4.79 Å². The van der Waals surface area contributed by atoms with Crippen LogP contribution in [0.3, 0.4) is 0 Å². The van der Waals surface area contributed by atoms with E-state index in [9.17, 15) is 4.79 Å². The van der Waals surface area contributed by atoms with E-state index in [1.54, 1.807) is 0 Å². The van der Waals surface area contributed by atoms with Crippen molar-refractivity contribution >= 4 is 28.7 Å². The molecular formula is C15H21N3OS. The zero-order chi connectivity index (χ0) is 14.5. The number of hydrogen-bond donors (Lipinski definition) is 2. The van der Waals surface area contributed by atoms with E-state index in [4.69, 9.17) is 0 Å². The zero-order valence-corrected chi connectivity index (χ0v) is 13.0. The number of imidazole rings is 1. The molecule has 0 aliphatic heterocycles. The van der Waals surface area contributed by atoms with E-state index in [1.165, 1.54) is 17.3 Å². The van der Waals surface area contributed by atoms with Crippen LogP contribution in [0.15, 0.2) is 23.4 Å². The fourth-order valence-electron chi connectivity index (χ4n) is 1.85. The van der Waals surface area contributed by atoms with Crippen LogP contribution in [0.25, 0.3) is 11.0 Å². The van der Waals surface area contributed by atoms with E-state index in [1.807, 2.05) is 12.1 Å². The van der Waals surface area contributed by atoms with Gasteiger partial charge in [0.15, 0.2) is 5.16 Å². The van der Waals surface area contributed by atoms with Crippen LogP contribution >= 0.6 is 11.8 Å². The van der Waals surface area contributed by atoms with Crippen LogP contribution in [-0.4, -0.2) is 28.2 Å². The SMILES string of the molecule is Cc1ccc2nc(SCC(=O)NCCC(C)C)[nH]c2c1. The van der Waals surface area contributed by atoms with Crippen molar-refractivity contribution < 1.29 is 4.79 Å². The Balaban J connectivity index is 1.84. The fraction of sp³-hybridized carbons (Fsp3) is 0.467. The molecule has 1 aromatic heterocycles. The summed E-state index contributed by atoms with van der Waals surface area (Å²) in [4.78, 5) is 19.4. The molecule has 2 rings (SSSR count). The zero-order valence-electron chi connectivity index (χ0n) is 12.2. The van der Waals surface area contributed by atoms with E-state index in [0.29, 0.717) is 11.7 Å². The lowest BCUT2D eigenvalue weighted by Gasteiger charge is -2.06. The molecular weight excluding hydrogens is 270 g/mol. The van der Waals surface area contributed by atoms with Gasteiger partial charge >= 0.3 is 0 Å². The number of H-pyrrole nitrogens is 1. The third-order valence-corrected chi connectivity index (χ3v) is 3.87. The number of aryl methyl sites for hydroxylation is 1. The number of hydrogen-bond acceptors (Lipinski definition) is 3. The molecule has 0 atom stereocenters. The highest BCUT2D eigenvalue weighted by molar-refractivity contribution is 7.99. The Morgan fingerprint density at radius 3 is 3.00 bits per heavy atom. The Bertz CT molecular complexity index is 592. The third-order valence-electron chi connectivity index (χ3n) is 3.00. The van der Waals surface area contributed by atoms with Gasteiger partial charge < -0.3 is 10.3 Å². The minimum Gasteiger partial charge on any atom is -0.355 e. The molecule has 0 unspecified atom stereocenters. The highest BCUT2D eigenvalue weighted by Crippen LogP contribution is 2.20. The van der Waals surface area contributed by atoms with Crippen LogP contribution in [0.1, 0.15) is 25.8 Å². The minimum atomic E-state index is 0.0623. The van der Waals surface area contributed by atoms with Gasteiger partial charge in [0, 0.05) is 6.54 Å². The average molecular weight is 291 g/mol. The van der Waals surface area contributed by atoms with Gasteiger partial charge in [0.2, 0.25) is 5.91 Å². The lowest BCUT2D eigenvalue weighted by molar-refractivity contribution is -0.118. The topological polar surface area (TPSA) is 57.8 Å². The molecule has 20 heavy (non-hydrogen) atoms. The van der Waals surface area contributed by atoms with Gasteiger partial charge in [0.25, 0.3) is 0 Å². The first kappa shape index (κ1) is 14.9. The number of nitrogens with one attached hydrogen (secondary N) is 2. The summed E-state index contributed by atoms with van der Waals surface area (Å²) in [6.45, 7) is 7.10. The number of benzene rings is 1. The largest absolute Gasteiger partial charge is 0.355 e. The molecule has 0 fully saturated rings. The van der Waals surface area contributed by atoms with Crippen LogP contribution in [-0.2, 0) is 4.79 Å². The number of carbonyl (C=O) groups is 1. The van der Waals surface area contributed by atoms with Gasteiger partial charge in [-0.15, -0.1) is 0 Å². The molecule has 0 radical (unpaired) electrons. The number of aromatic nitrogens is 2. The third kappa shape index (κ3) is 4.27. The molecule has 0 aliphatic carbocycles. The Hall–Kier alpha value is -1.49. The van der Waals surface area contributed by atoms with Crippen molar-refractivity contribution in [1.29, 1.82) is 0 Å². The number of aromatic amines is 1. The van der Waals surface area contributed by atoms with Crippen LogP contribution in [0.4, 0.5) is 0 Å². The van der Waals surface area contributed by atoms with E-state index < -0.39 is 0 Å². The van der Waals surface area contributed by atoms with E-state index in [2.05, 4.69) is 42.1 Å². The molecule has 1 amide bonds. The van der Waals surface area contributed by atoms with Crippen LogP contribution in [0.2, 0.25) is 0 Å². The van der Waals surface area contributed by atoms with Crippen molar-refractivity contribution in [3.63, 3.8) is 0 Å². The first-order chi connectivity index (χ1) is 9.54. The number of nitrogens with zero attached hydrogens (tertiary/aromatic N) is 1. The monoisotopic (exact) mass is 291 g/mol. The van der Waals surface area contributed by atoms with Gasteiger partial charge in [-0.25, -0.2) is 4.98 Å². The van der Waals surface area contributed by atoms with Crippen LogP contribution in [0, 0.1) is 12.8 Å². The maximum atomic E-state index is 11.7. The van der Waals surface area contributed by atoms with E-state index in [0.717, 1.165) is 29.2 Å². The van der Waals surface area contributed by atoms with Crippen molar-refractivity contribution in [2.24, 2.45) is 5.92 Å². The predicted molar refractivity (Wildman–Crippen MR) is 84.0 cm³/mol. The first-order valence-corrected chi connectivity index (χ1v) is 7.89. The summed E-state index contributed by atoms with van der Waals surface area (Å²) in [6, 6.07) is 6.10. The van der Waals surface area contributed by atoms with Crippen molar-refractivity contribution in [2.45, 2.75) is 32.3 Å². The van der Waals surface area contributed by atoms with Gasteiger partial charge in [-0.05, 0) is 37.0 Å². The van der Waals surface area contributed by atoms with Crippen molar-refractivity contribution in [3.05, 3.63) is 23.8 Å². The van der Waals surface area contributed by atoms with Gasteiger partial charge in [0.1, 0.15) is 0 Å². The second-order valence-electron chi connectivity index (χ2n) is 5.38. The number of carbonyl (C=O) groups excluding carboxylic acids is 1. The maximum absolute atomic E-state index is 11.7. The molecule has 0 bridgehead atoms. The van der Waals surface area contributed by atoms with Crippen molar-refractivity contribution in [2.75, 3.05) is 12.3 Å². The molecule has 2 aromatic rings. The number of fused-ring (bicyclic) bond motifs is 1. The minimum absolute atomic E-state index is 0.0623. The summed E-state index contributed by atoms with van der Waals surface area (Å²) in [5.74, 6) is 1.07. The summed E-state index contributed by atoms with van der Waals surface area (Å²) in [5.41, 5.74) is 3.16. The summed E-state index contributed by atoms with van der Waals surface area (Å²) >= 11 is 1.44. The maximum Gasteiger partial charge on any atom is 0.230 e. The summed E-state index contributed by atoms with van der Waals surface area (Å²) in [7, 11) is 0. The molecule has 2 N–H and O–H groups in total. The number of amides is 1. The highest BCUT2D eigenvalue weighted by atomic mass is 32.2. The molecule has 0 saturated heterocycles. The summed E-state index contributed by atoms with van der Waals surface area (Å²) < 4.78 is 0. The Morgan fingerprint density at radius 2 is 2.25 bits per heavy atom. The quantitative estimate of drug-likeness (QED) is 0.804. The second-order valence-corrected chi connectivity index (χ2v) is 6.35. The molecule has 5 heteroatoms. The summed E-state index contributed by atoms with van der Waals surface area (Å²) in [5, 5.41) is 3.72.